The Hall–Kier alpha value is -3.36. The molecule has 0 amide bonds. The van der Waals surface area contributed by atoms with Crippen LogP contribution in [-0.2, 0) is 53.6 Å². The number of rotatable bonds is 10. The number of hydrogen-bond acceptors (Lipinski definition) is 8. The maximum atomic E-state index is 13.6. The zero-order valence-electron chi connectivity index (χ0n) is 42.7. The van der Waals surface area contributed by atoms with Crippen LogP contribution in [0.1, 0.15) is 198 Å². The van der Waals surface area contributed by atoms with Gasteiger partial charge in [-0.05, 0) is 110 Å². The summed E-state index contributed by atoms with van der Waals surface area (Å²) in [5.41, 5.74) is 3.20. The van der Waals surface area contributed by atoms with Gasteiger partial charge in [0, 0.05) is 60.9 Å². The van der Waals surface area contributed by atoms with E-state index in [1.54, 1.807) is 0 Å². The van der Waals surface area contributed by atoms with E-state index in [0.717, 1.165) is 72.2 Å². The molecular formula is C54H86N2O6. The highest BCUT2D eigenvalue weighted by Crippen LogP contribution is 2.44. The SMILES string of the molecule is CC(C)(C)c1cc(CC(=O)OC2CC(C)(C)N(CC=CCN3C(C)(C)CC(OC(=O)Cc4cc(C(C)(C)C)c(O)c(C(C)(C)C)c4)CC3(C)C)C(C)(C)C2)cc(C(C)(C)C)c1O. The average molecular weight is 859 g/mol. The number of aromatic hydroxyl groups is 2. The molecule has 4 rings (SSSR count). The highest BCUT2D eigenvalue weighted by Gasteiger charge is 2.48. The topological polar surface area (TPSA) is 99.5 Å². The summed E-state index contributed by atoms with van der Waals surface area (Å²) in [6.45, 7) is 44.6. The standard InChI is InChI=1S/C54H86N2O6/c1-47(2,3)39-25-35(26-40(45(39)59)48(4,5)6)29-43(57)61-37-31-51(13,14)55(52(15,16)32-37)23-21-22-24-56-53(17,18)33-38(34-54(56,19)20)62-44(58)30-36-27-41(49(7,8)9)46(60)42(28-36)50(10,11)12/h21-22,25-28,37-38,59-60H,23-24,29-34H2,1-20H3. The predicted octanol–water partition coefficient (Wildman–Crippen LogP) is 11.8. The van der Waals surface area contributed by atoms with Gasteiger partial charge in [-0.3, -0.25) is 19.4 Å². The van der Waals surface area contributed by atoms with Crippen LogP contribution < -0.4 is 0 Å². The number of esters is 2. The molecule has 0 aromatic heterocycles. The lowest BCUT2D eigenvalue weighted by molar-refractivity contribution is -0.160. The molecule has 0 saturated carbocycles. The average Bonchev–Trinajstić information content (AvgIpc) is 3.03. The lowest BCUT2D eigenvalue weighted by Gasteiger charge is -2.55. The molecule has 2 fully saturated rings. The van der Waals surface area contributed by atoms with Crippen LogP contribution in [0.2, 0.25) is 0 Å². The Kier molecular flexibility index (Phi) is 14.5. The molecule has 0 aliphatic carbocycles. The quantitative estimate of drug-likeness (QED) is 0.180. The Morgan fingerprint density at radius 1 is 0.516 bits per heavy atom. The molecule has 2 aromatic carbocycles. The van der Waals surface area contributed by atoms with E-state index in [1.165, 1.54) is 0 Å². The van der Waals surface area contributed by atoms with E-state index >= 15 is 0 Å². The molecule has 0 atom stereocenters. The van der Waals surface area contributed by atoms with Crippen LogP contribution in [0.3, 0.4) is 0 Å². The van der Waals surface area contributed by atoms with E-state index in [9.17, 15) is 19.8 Å². The number of nitrogens with zero attached hydrogens (tertiary/aromatic N) is 2. The smallest absolute Gasteiger partial charge is 0.310 e. The Balaban J connectivity index is 1.38. The van der Waals surface area contributed by atoms with Crippen LogP contribution in [0.25, 0.3) is 0 Å². The zero-order chi connectivity index (χ0) is 47.4. The fourth-order valence-electron chi connectivity index (χ4n) is 10.6. The van der Waals surface area contributed by atoms with Gasteiger partial charge in [-0.2, -0.15) is 0 Å². The molecule has 2 aliphatic heterocycles. The van der Waals surface area contributed by atoms with Crippen molar-refractivity contribution in [3.05, 3.63) is 69.8 Å². The lowest BCUT2D eigenvalue weighted by Crippen LogP contribution is -2.62. The number of piperidine rings is 2. The van der Waals surface area contributed by atoms with Gasteiger partial charge in [0.25, 0.3) is 0 Å². The summed E-state index contributed by atoms with van der Waals surface area (Å²) in [5, 5.41) is 22.4. The molecule has 0 radical (unpaired) electrons. The largest absolute Gasteiger partial charge is 0.507 e. The summed E-state index contributed by atoms with van der Waals surface area (Å²) in [5.74, 6) is 0.168. The molecule has 62 heavy (non-hydrogen) atoms. The Bertz CT molecular complexity index is 1730. The maximum absolute atomic E-state index is 13.6. The van der Waals surface area contributed by atoms with Gasteiger partial charge in [-0.25, -0.2) is 0 Å². The van der Waals surface area contributed by atoms with Crippen LogP contribution in [0, 0.1) is 0 Å². The Labute approximate surface area is 377 Å². The van der Waals surface area contributed by atoms with Crippen LogP contribution in [0.15, 0.2) is 36.4 Å². The number of carbonyl (C=O) groups is 2. The second-order valence-corrected chi connectivity index (χ2v) is 25.4. The molecule has 0 unspecified atom stereocenters. The van der Waals surface area contributed by atoms with Crippen molar-refractivity contribution in [2.45, 2.75) is 233 Å². The number of benzene rings is 2. The van der Waals surface area contributed by atoms with Crippen molar-refractivity contribution in [2.24, 2.45) is 0 Å². The van der Waals surface area contributed by atoms with Gasteiger partial charge < -0.3 is 19.7 Å². The molecule has 2 saturated heterocycles. The number of likely N-dealkylation sites (tertiary alicyclic amines) is 2. The van der Waals surface area contributed by atoms with E-state index in [0.29, 0.717) is 11.5 Å². The first-order chi connectivity index (χ1) is 27.8. The summed E-state index contributed by atoms with van der Waals surface area (Å²) in [7, 11) is 0. The maximum Gasteiger partial charge on any atom is 0.310 e. The van der Waals surface area contributed by atoms with Crippen molar-refractivity contribution in [1.82, 2.24) is 9.80 Å². The summed E-state index contributed by atoms with van der Waals surface area (Å²) in [6.07, 6.45) is 7.45. The second-order valence-electron chi connectivity index (χ2n) is 25.4. The molecule has 348 valence electrons. The first-order valence-corrected chi connectivity index (χ1v) is 23.2. The second kappa shape index (κ2) is 17.6. The fourth-order valence-corrected chi connectivity index (χ4v) is 10.6. The fraction of sp³-hybridized carbons (Fsp3) is 0.704. The van der Waals surface area contributed by atoms with Crippen molar-refractivity contribution in [2.75, 3.05) is 13.1 Å². The van der Waals surface area contributed by atoms with Crippen molar-refractivity contribution >= 4 is 11.9 Å². The molecule has 8 heteroatoms. The normalized spacial score (nSPS) is 20.4. The van der Waals surface area contributed by atoms with E-state index in [4.69, 9.17) is 9.47 Å². The third-order valence-corrected chi connectivity index (χ3v) is 13.4. The number of ether oxygens (including phenoxy) is 2. The molecule has 2 N–H and O–H groups in total. The van der Waals surface area contributed by atoms with E-state index < -0.39 is 0 Å². The summed E-state index contributed by atoms with van der Waals surface area (Å²) in [6, 6.07) is 7.89. The Morgan fingerprint density at radius 3 is 0.952 bits per heavy atom. The summed E-state index contributed by atoms with van der Waals surface area (Å²) >= 11 is 0. The third-order valence-electron chi connectivity index (χ3n) is 13.4. The van der Waals surface area contributed by atoms with Crippen molar-refractivity contribution in [1.29, 1.82) is 0 Å². The molecule has 0 spiro atoms. The van der Waals surface area contributed by atoms with E-state index in [1.807, 2.05) is 24.3 Å². The first-order valence-electron chi connectivity index (χ1n) is 23.2. The summed E-state index contributed by atoms with van der Waals surface area (Å²) < 4.78 is 12.5. The molecule has 8 nitrogen and oxygen atoms in total. The van der Waals surface area contributed by atoms with Crippen LogP contribution in [-0.4, -0.2) is 79.4 Å². The first kappa shape index (κ1) is 51.3. The lowest BCUT2D eigenvalue weighted by atomic mass is 9.77. The number of phenols is 2. The monoisotopic (exact) mass is 859 g/mol. The van der Waals surface area contributed by atoms with Crippen molar-refractivity contribution in [3.8, 4) is 11.5 Å². The summed E-state index contributed by atoms with van der Waals surface area (Å²) in [4.78, 5) is 32.2. The number of carbonyl (C=O) groups excluding carboxylic acids is 2. The van der Waals surface area contributed by atoms with Gasteiger partial charge in [0.2, 0.25) is 0 Å². The van der Waals surface area contributed by atoms with Gasteiger partial charge >= 0.3 is 11.9 Å². The van der Waals surface area contributed by atoms with Crippen molar-refractivity contribution in [3.63, 3.8) is 0 Å². The zero-order valence-corrected chi connectivity index (χ0v) is 42.7. The van der Waals surface area contributed by atoms with Gasteiger partial charge in [0.15, 0.2) is 0 Å². The molecule has 2 aromatic rings. The van der Waals surface area contributed by atoms with Gasteiger partial charge in [-0.1, -0.05) is 120 Å². The Morgan fingerprint density at radius 2 is 0.742 bits per heavy atom. The predicted molar refractivity (Wildman–Crippen MR) is 256 cm³/mol. The molecular weight excluding hydrogens is 773 g/mol. The third kappa shape index (κ3) is 12.3. The van der Waals surface area contributed by atoms with E-state index in [2.05, 4.69) is 160 Å². The highest BCUT2D eigenvalue weighted by atomic mass is 16.5. The van der Waals surface area contributed by atoms with Crippen LogP contribution in [0.4, 0.5) is 0 Å². The number of hydrogen-bond donors (Lipinski definition) is 2. The van der Waals surface area contributed by atoms with Gasteiger partial charge in [0.05, 0.1) is 12.8 Å². The van der Waals surface area contributed by atoms with Crippen LogP contribution in [0.5, 0.6) is 11.5 Å². The van der Waals surface area contributed by atoms with Crippen LogP contribution >= 0.6 is 0 Å². The van der Waals surface area contributed by atoms with Crippen molar-refractivity contribution < 1.29 is 29.3 Å². The minimum Gasteiger partial charge on any atom is -0.507 e. The minimum atomic E-state index is -0.273. The molecule has 0 bridgehead atoms. The number of phenolic OH excluding ortho intramolecular Hbond substituents is 2. The van der Waals surface area contributed by atoms with Gasteiger partial charge in [0.1, 0.15) is 23.7 Å². The highest BCUT2D eigenvalue weighted by molar-refractivity contribution is 5.74. The molecule has 2 aliphatic rings. The molecule has 2 heterocycles. The minimum absolute atomic E-state index is 0.166. The van der Waals surface area contributed by atoms with E-state index in [-0.39, 0.29) is 80.8 Å². The van der Waals surface area contributed by atoms with Gasteiger partial charge in [-0.15, -0.1) is 0 Å².